The summed E-state index contributed by atoms with van der Waals surface area (Å²) in [5.41, 5.74) is 1.20. The molecular formula is C12H18FNS. The average molecular weight is 227 g/mol. The molecule has 0 aliphatic carbocycles. The van der Waals surface area contributed by atoms with Crippen molar-refractivity contribution < 1.29 is 4.39 Å². The molecular weight excluding hydrogens is 209 g/mol. The van der Waals surface area contributed by atoms with E-state index >= 15 is 0 Å². The summed E-state index contributed by atoms with van der Waals surface area (Å²) in [5, 5.41) is 0. The van der Waals surface area contributed by atoms with E-state index in [1.54, 1.807) is 0 Å². The summed E-state index contributed by atoms with van der Waals surface area (Å²) in [4.78, 5) is 2.26. The van der Waals surface area contributed by atoms with Crippen LogP contribution in [0, 0.1) is 5.82 Å². The number of hydrogen-bond donors (Lipinski definition) is 1. The monoisotopic (exact) mass is 227 g/mol. The van der Waals surface area contributed by atoms with E-state index in [1.165, 1.54) is 17.7 Å². The molecule has 0 aliphatic rings. The third kappa shape index (κ3) is 5.19. The number of thiol groups is 1. The minimum absolute atomic E-state index is 0.161. The lowest BCUT2D eigenvalue weighted by atomic mass is 10.1. The number of aryl methyl sites for hydroxylation is 1. The van der Waals surface area contributed by atoms with E-state index in [0.29, 0.717) is 0 Å². The lowest BCUT2D eigenvalue weighted by molar-refractivity contribution is 0.350. The predicted octanol–water partition coefficient (Wildman–Crippen LogP) is 2.62. The summed E-state index contributed by atoms with van der Waals surface area (Å²) in [6.45, 7) is 2.09. The topological polar surface area (TPSA) is 3.24 Å². The van der Waals surface area contributed by atoms with E-state index in [0.717, 1.165) is 31.7 Å². The van der Waals surface area contributed by atoms with E-state index in [4.69, 9.17) is 0 Å². The highest BCUT2D eigenvalue weighted by Gasteiger charge is 1.98. The summed E-state index contributed by atoms with van der Waals surface area (Å²) in [5.74, 6) is 0.735. The van der Waals surface area contributed by atoms with Crippen molar-refractivity contribution in [1.29, 1.82) is 0 Å². The molecule has 15 heavy (non-hydrogen) atoms. The quantitative estimate of drug-likeness (QED) is 0.731. The van der Waals surface area contributed by atoms with Gasteiger partial charge >= 0.3 is 0 Å². The van der Waals surface area contributed by atoms with Gasteiger partial charge in [0.1, 0.15) is 5.82 Å². The van der Waals surface area contributed by atoms with Crippen LogP contribution in [0.1, 0.15) is 12.0 Å². The maximum atomic E-state index is 12.6. The SMILES string of the molecule is CN(CCS)CCCc1ccc(F)cc1. The highest BCUT2D eigenvalue weighted by Crippen LogP contribution is 2.05. The van der Waals surface area contributed by atoms with E-state index < -0.39 is 0 Å². The van der Waals surface area contributed by atoms with Crippen molar-refractivity contribution in [3.05, 3.63) is 35.6 Å². The van der Waals surface area contributed by atoms with Crippen LogP contribution in [0.25, 0.3) is 0 Å². The molecule has 84 valence electrons. The Bertz CT molecular complexity index is 273. The van der Waals surface area contributed by atoms with Gasteiger partial charge in [0, 0.05) is 12.3 Å². The van der Waals surface area contributed by atoms with Crippen molar-refractivity contribution in [3.8, 4) is 0 Å². The largest absolute Gasteiger partial charge is 0.306 e. The molecule has 0 bridgehead atoms. The minimum atomic E-state index is -0.161. The van der Waals surface area contributed by atoms with Gasteiger partial charge in [0.25, 0.3) is 0 Å². The van der Waals surface area contributed by atoms with Crippen molar-refractivity contribution in [2.45, 2.75) is 12.8 Å². The predicted molar refractivity (Wildman–Crippen MR) is 66.1 cm³/mol. The second-order valence-electron chi connectivity index (χ2n) is 3.76. The molecule has 0 heterocycles. The summed E-state index contributed by atoms with van der Waals surface area (Å²) >= 11 is 4.18. The number of rotatable bonds is 6. The van der Waals surface area contributed by atoms with E-state index in [9.17, 15) is 4.39 Å². The lowest BCUT2D eigenvalue weighted by Gasteiger charge is -2.14. The van der Waals surface area contributed by atoms with Gasteiger partial charge in [-0.1, -0.05) is 12.1 Å². The smallest absolute Gasteiger partial charge is 0.123 e. The number of nitrogens with zero attached hydrogens (tertiary/aromatic N) is 1. The molecule has 3 heteroatoms. The minimum Gasteiger partial charge on any atom is -0.306 e. The average Bonchev–Trinajstić information content (AvgIpc) is 2.21. The molecule has 1 nitrogen and oxygen atoms in total. The molecule has 0 saturated heterocycles. The van der Waals surface area contributed by atoms with Crippen molar-refractivity contribution in [1.82, 2.24) is 4.90 Å². The van der Waals surface area contributed by atoms with Gasteiger partial charge in [-0.2, -0.15) is 12.6 Å². The first-order valence-electron chi connectivity index (χ1n) is 5.26. The molecule has 0 amide bonds. The lowest BCUT2D eigenvalue weighted by Crippen LogP contribution is -2.22. The molecule has 0 spiro atoms. The summed E-state index contributed by atoms with van der Waals surface area (Å²) in [6.07, 6.45) is 2.12. The fraction of sp³-hybridized carbons (Fsp3) is 0.500. The molecule has 0 aliphatic heterocycles. The number of hydrogen-bond acceptors (Lipinski definition) is 2. The van der Waals surface area contributed by atoms with Crippen LogP contribution in [0.3, 0.4) is 0 Å². The van der Waals surface area contributed by atoms with Gasteiger partial charge in [0.2, 0.25) is 0 Å². The second-order valence-corrected chi connectivity index (χ2v) is 4.20. The van der Waals surface area contributed by atoms with Gasteiger partial charge in [-0.3, -0.25) is 0 Å². The van der Waals surface area contributed by atoms with Crippen molar-refractivity contribution in [2.24, 2.45) is 0 Å². The molecule has 0 N–H and O–H groups in total. The van der Waals surface area contributed by atoms with Gasteiger partial charge < -0.3 is 4.90 Å². The van der Waals surface area contributed by atoms with Crippen LogP contribution in [-0.2, 0) is 6.42 Å². The Labute approximate surface area is 96.7 Å². The summed E-state index contributed by atoms with van der Waals surface area (Å²) < 4.78 is 12.6. The first kappa shape index (κ1) is 12.5. The fourth-order valence-electron chi connectivity index (χ4n) is 1.49. The van der Waals surface area contributed by atoms with Crippen molar-refractivity contribution in [3.63, 3.8) is 0 Å². The van der Waals surface area contributed by atoms with Crippen LogP contribution >= 0.6 is 12.6 Å². The Morgan fingerprint density at radius 3 is 2.47 bits per heavy atom. The van der Waals surface area contributed by atoms with E-state index in [-0.39, 0.29) is 5.82 Å². The van der Waals surface area contributed by atoms with Crippen LogP contribution in [-0.4, -0.2) is 30.8 Å². The van der Waals surface area contributed by atoms with Crippen LogP contribution in [0.4, 0.5) is 4.39 Å². The van der Waals surface area contributed by atoms with Crippen LogP contribution in [0.15, 0.2) is 24.3 Å². The molecule has 0 unspecified atom stereocenters. The maximum Gasteiger partial charge on any atom is 0.123 e. The van der Waals surface area contributed by atoms with Gasteiger partial charge in [-0.05, 0) is 44.1 Å². The first-order chi connectivity index (χ1) is 7.22. The third-order valence-electron chi connectivity index (χ3n) is 2.40. The Hall–Kier alpha value is -0.540. The highest BCUT2D eigenvalue weighted by molar-refractivity contribution is 7.80. The molecule has 0 saturated carbocycles. The molecule has 1 aromatic carbocycles. The van der Waals surface area contributed by atoms with Crippen LogP contribution in [0.5, 0.6) is 0 Å². The Kier molecular flexibility index (Phi) is 5.73. The highest BCUT2D eigenvalue weighted by atomic mass is 32.1. The molecule has 1 rings (SSSR count). The zero-order valence-corrected chi connectivity index (χ0v) is 10.0. The maximum absolute atomic E-state index is 12.6. The standard InChI is InChI=1S/C12H18FNS/c1-14(9-10-15)8-2-3-11-4-6-12(13)7-5-11/h4-7,15H,2-3,8-10H2,1H3. The summed E-state index contributed by atoms with van der Waals surface area (Å²) in [7, 11) is 2.10. The van der Waals surface area contributed by atoms with Gasteiger partial charge in [0.15, 0.2) is 0 Å². The zero-order chi connectivity index (χ0) is 11.1. The van der Waals surface area contributed by atoms with E-state index in [2.05, 4.69) is 24.6 Å². The molecule has 0 atom stereocenters. The first-order valence-corrected chi connectivity index (χ1v) is 5.89. The van der Waals surface area contributed by atoms with E-state index in [1.807, 2.05) is 12.1 Å². The Morgan fingerprint density at radius 1 is 1.20 bits per heavy atom. The molecule has 0 radical (unpaired) electrons. The Balaban J connectivity index is 2.22. The zero-order valence-electron chi connectivity index (χ0n) is 9.12. The van der Waals surface area contributed by atoms with Crippen LogP contribution < -0.4 is 0 Å². The second kappa shape index (κ2) is 6.85. The molecule has 1 aromatic rings. The van der Waals surface area contributed by atoms with Crippen molar-refractivity contribution >= 4 is 12.6 Å². The normalized spacial score (nSPS) is 10.9. The van der Waals surface area contributed by atoms with Gasteiger partial charge in [-0.25, -0.2) is 4.39 Å². The molecule has 0 aromatic heterocycles. The fourth-order valence-corrected chi connectivity index (χ4v) is 1.83. The van der Waals surface area contributed by atoms with Gasteiger partial charge in [-0.15, -0.1) is 0 Å². The third-order valence-corrected chi connectivity index (χ3v) is 2.60. The summed E-state index contributed by atoms with van der Waals surface area (Å²) in [6, 6.07) is 6.75. The van der Waals surface area contributed by atoms with Gasteiger partial charge in [0.05, 0.1) is 0 Å². The Morgan fingerprint density at radius 2 is 1.87 bits per heavy atom. The number of halogens is 1. The van der Waals surface area contributed by atoms with Crippen LogP contribution in [0.2, 0.25) is 0 Å². The number of benzene rings is 1. The molecule has 0 fully saturated rings. The van der Waals surface area contributed by atoms with Crippen molar-refractivity contribution in [2.75, 3.05) is 25.9 Å².